The smallest absolute Gasteiger partial charge is 0.413 e. The molecule has 176 valence electrons. The minimum atomic E-state index is -4.56. The van der Waals surface area contributed by atoms with Gasteiger partial charge in [0.05, 0.1) is 29.0 Å². The van der Waals surface area contributed by atoms with Crippen LogP contribution in [-0.4, -0.2) is 45.9 Å². The molecule has 1 saturated heterocycles. The summed E-state index contributed by atoms with van der Waals surface area (Å²) in [5.41, 5.74) is 2.21. The number of carbonyl (C=O) groups is 2. The number of carbonyl (C=O) groups excluding carboxylic acids is 2. The van der Waals surface area contributed by atoms with Crippen LogP contribution in [0.2, 0.25) is 5.02 Å². The van der Waals surface area contributed by atoms with Crippen LogP contribution >= 0.6 is 11.6 Å². The summed E-state index contributed by atoms with van der Waals surface area (Å²) in [6, 6.07) is 2.74. The van der Waals surface area contributed by atoms with Crippen molar-refractivity contribution in [2.75, 3.05) is 24.1 Å². The van der Waals surface area contributed by atoms with Crippen molar-refractivity contribution in [1.82, 2.24) is 14.7 Å². The van der Waals surface area contributed by atoms with E-state index in [2.05, 4.69) is 10.4 Å². The van der Waals surface area contributed by atoms with E-state index in [4.69, 9.17) is 22.1 Å². The van der Waals surface area contributed by atoms with E-state index >= 15 is 4.39 Å². The Morgan fingerprint density at radius 2 is 2.00 bits per heavy atom. The largest absolute Gasteiger partial charge is 0.436 e. The third-order valence-electron chi connectivity index (χ3n) is 6.51. The zero-order valence-corrected chi connectivity index (χ0v) is 17.8. The number of nitrogen functional groups attached to an aromatic ring is 1. The standard InChI is InChI=1S/C20H18ClF4N5O3/c21-11-2-3-12-13(14(11)22)18(33-17(32)28-12)4-1-7-29(9-18)16(31)10-8-27-30(15(10)26)19(5-6-19)20(23,24)25/h2-3,8H,1,4-7,9,26H2,(H,28,32)/t18-/m0/s1. The molecule has 13 heteroatoms. The molecule has 1 atom stereocenters. The van der Waals surface area contributed by atoms with Crippen molar-refractivity contribution in [2.24, 2.45) is 0 Å². The molecule has 0 bridgehead atoms. The number of alkyl halides is 3. The van der Waals surface area contributed by atoms with Crippen LogP contribution < -0.4 is 11.1 Å². The maximum Gasteiger partial charge on any atom is 0.413 e. The van der Waals surface area contributed by atoms with Gasteiger partial charge in [-0.05, 0) is 37.8 Å². The topological polar surface area (TPSA) is 102 Å². The maximum atomic E-state index is 15.0. The summed E-state index contributed by atoms with van der Waals surface area (Å²) in [5.74, 6) is -1.86. The normalized spacial score (nSPS) is 23.7. The monoisotopic (exact) mass is 487 g/mol. The highest BCUT2D eigenvalue weighted by molar-refractivity contribution is 6.31. The van der Waals surface area contributed by atoms with E-state index in [9.17, 15) is 22.8 Å². The Morgan fingerprint density at radius 1 is 1.27 bits per heavy atom. The van der Waals surface area contributed by atoms with Crippen molar-refractivity contribution in [1.29, 1.82) is 0 Å². The quantitative estimate of drug-likeness (QED) is 0.623. The van der Waals surface area contributed by atoms with E-state index in [-0.39, 0.29) is 54.2 Å². The number of hydrogen-bond acceptors (Lipinski definition) is 5. The molecule has 8 nitrogen and oxygen atoms in total. The van der Waals surface area contributed by atoms with Crippen LogP contribution in [0.25, 0.3) is 0 Å². The van der Waals surface area contributed by atoms with Crippen LogP contribution in [0.15, 0.2) is 18.3 Å². The fourth-order valence-electron chi connectivity index (χ4n) is 4.71. The van der Waals surface area contributed by atoms with Crippen LogP contribution in [-0.2, 0) is 15.9 Å². The van der Waals surface area contributed by atoms with Crippen LogP contribution in [0, 0.1) is 5.82 Å². The molecule has 3 aliphatic rings. The lowest BCUT2D eigenvalue weighted by Gasteiger charge is -2.45. The summed E-state index contributed by atoms with van der Waals surface area (Å²) in [4.78, 5) is 26.7. The van der Waals surface area contributed by atoms with Gasteiger partial charge in [0.1, 0.15) is 11.4 Å². The van der Waals surface area contributed by atoms with Gasteiger partial charge in [-0.3, -0.25) is 10.1 Å². The molecule has 1 saturated carbocycles. The lowest BCUT2D eigenvalue weighted by Crippen LogP contribution is -2.53. The Balaban J connectivity index is 1.49. The van der Waals surface area contributed by atoms with Crippen molar-refractivity contribution >= 4 is 35.1 Å². The molecule has 0 unspecified atom stereocenters. The number of anilines is 2. The van der Waals surface area contributed by atoms with Crippen LogP contribution in [0.4, 0.5) is 33.9 Å². The van der Waals surface area contributed by atoms with Crippen LogP contribution in [0.5, 0.6) is 0 Å². The summed E-state index contributed by atoms with van der Waals surface area (Å²) in [7, 11) is 0. The number of halogens is 5. The Hall–Kier alpha value is -3.02. The summed E-state index contributed by atoms with van der Waals surface area (Å²) < 4.78 is 61.7. The first-order valence-electron chi connectivity index (χ1n) is 10.2. The molecule has 1 aromatic carbocycles. The molecule has 3 N–H and O–H groups in total. The van der Waals surface area contributed by atoms with Crippen molar-refractivity contribution in [3.05, 3.63) is 40.3 Å². The number of aromatic nitrogens is 2. The number of piperidine rings is 1. The first kappa shape index (κ1) is 21.8. The predicted octanol–water partition coefficient (Wildman–Crippen LogP) is 4.00. The van der Waals surface area contributed by atoms with Gasteiger partial charge >= 0.3 is 12.3 Å². The molecule has 2 aromatic rings. The molecular formula is C20H18ClF4N5O3. The molecule has 0 radical (unpaired) electrons. The molecule has 3 heterocycles. The number of nitrogens with zero attached hydrogens (tertiary/aromatic N) is 3. The molecule has 2 amide bonds. The first-order valence-corrected chi connectivity index (χ1v) is 10.6. The number of rotatable bonds is 2. The lowest BCUT2D eigenvalue weighted by atomic mass is 9.83. The molecule has 2 fully saturated rings. The lowest BCUT2D eigenvalue weighted by molar-refractivity contribution is -0.182. The van der Waals surface area contributed by atoms with Crippen molar-refractivity contribution in [3.8, 4) is 0 Å². The zero-order chi connectivity index (χ0) is 23.8. The van der Waals surface area contributed by atoms with E-state index < -0.39 is 41.0 Å². The summed E-state index contributed by atoms with van der Waals surface area (Å²) >= 11 is 5.94. The average Bonchev–Trinajstić information content (AvgIpc) is 3.47. The number of amides is 2. The molecule has 1 aromatic heterocycles. The number of fused-ring (bicyclic) bond motifs is 2. The van der Waals surface area contributed by atoms with Crippen molar-refractivity contribution < 1.29 is 31.9 Å². The van der Waals surface area contributed by atoms with Gasteiger partial charge in [0.2, 0.25) is 0 Å². The third-order valence-corrected chi connectivity index (χ3v) is 6.80. The molecule has 1 aliphatic carbocycles. The molecule has 5 rings (SSSR count). The van der Waals surface area contributed by atoms with E-state index in [1.165, 1.54) is 17.0 Å². The van der Waals surface area contributed by atoms with Gasteiger partial charge < -0.3 is 15.4 Å². The summed E-state index contributed by atoms with van der Waals surface area (Å²) in [5, 5.41) is 6.01. The van der Waals surface area contributed by atoms with Crippen LogP contribution in [0.3, 0.4) is 0 Å². The first-order chi connectivity index (χ1) is 15.5. The number of nitrogens with one attached hydrogen (secondary N) is 1. The van der Waals surface area contributed by atoms with E-state index in [1.54, 1.807) is 0 Å². The minimum absolute atomic E-state index is 0.0183. The minimum Gasteiger partial charge on any atom is -0.436 e. The zero-order valence-electron chi connectivity index (χ0n) is 17.0. The average molecular weight is 488 g/mol. The van der Waals surface area contributed by atoms with Gasteiger partial charge in [-0.2, -0.15) is 18.3 Å². The van der Waals surface area contributed by atoms with Gasteiger partial charge in [-0.1, -0.05) is 11.6 Å². The second-order valence-electron chi connectivity index (χ2n) is 8.51. The van der Waals surface area contributed by atoms with Crippen LogP contribution in [0.1, 0.15) is 41.6 Å². The Kier molecular flexibility index (Phi) is 4.62. The molecular weight excluding hydrogens is 470 g/mol. The number of likely N-dealkylation sites (tertiary alicyclic amines) is 1. The fraction of sp³-hybridized carbons (Fsp3) is 0.450. The Labute approximate surface area is 189 Å². The summed E-state index contributed by atoms with van der Waals surface area (Å²) in [6.07, 6.45) is -4.17. The maximum absolute atomic E-state index is 15.0. The number of benzene rings is 1. The van der Waals surface area contributed by atoms with E-state index in [0.29, 0.717) is 11.1 Å². The van der Waals surface area contributed by atoms with E-state index in [0.717, 1.165) is 6.20 Å². The van der Waals surface area contributed by atoms with Crippen molar-refractivity contribution in [3.63, 3.8) is 0 Å². The van der Waals surface area contributed by atoms with Crippen molar-refractivity contribution in [2.45, 2.75) is 43.0 Å². The number of nitrogens with two attached hydrogens (primary N) is 1. The highest BCUT2D eigenvalue weighted by Gasteiger charge is 2.66. The highest BCUT2D eigenvalue weighted by atomic mass is 35.5. The predicted molar refractivity (Wildman–Crippen MR) is 108 cm³/mol. The third kappa shape index (κ3) is 3.14. The number of ether oxygens (including phenoxy) is 1. The van der Waals surface area contributed by atoms with E-state index in [1.807, 2.05) is 0 Å². The number of hydrogen-bond donors (Lipinski definition) is 2. The highest BCUT2D eigenvalue weighted by Crippen LogP contribution is 2.56. The second kappa shape index (κ2) is 6.99. The molecule has 1 spiro atoms. The molecule has 2 aliphatic heterocycles. The second-order valence-corrected chi connectivity index (χ2v) is 8.91. The Bertz CT molecular complexity index is 1180. The van der Waals surface area contributed by atoms with Gasteiger partial charge in [-0.25, -0.2) is 13.9 Å². The SMILES string of the molecule is Nc1c(C(=O)N2CCC[C@@]3(C2)OC(=O)Nc2ccc(Cl)c(F)c23)cnn1C1(C(F)(F)F)CC1. The van der Waals surface area contributed by atoms with Gasteiger partial charge in [0.15, 0.2) is 17.0 Å². The fourth-order valence-corrected chi connectivity index (χ4v) is 4.87. The van der Waals surface area contributed by atoms with Gasteiger partial charge in [0.25, 0.3) is 5.91 Å². The van der Waals surface area contributed by atoms with Gasteiger partial charge in [0, 0.05) is 6.54 Å². The summed E-state index contributed by atoms with van der Waals surface area (Å²) in [6.45, 7) is -0.0172. The Morgan fingerprint density at radius 3 is 2.67 bits per heavy atom. The molecule has 33 heavy (non-hydrogen) atoms. The van der Waals surface area contributed by atoms with Gasteiger partial charge in [-0.15, -0.1) is 0 Å².